The number of nitrogens with one attached hydrogen (secondary N) is 1. The van der Waals surface area contributed by atoms with Crippen molar-refractivity contribution in [2.75, 3.05) is 18.0 Å². The van der Waals surface area contributed by atoms with Crippen LogP contribution >= 0.6 is 0 Å². The first-order valence-electron chi connectivity index (χ1n) is 9.76. The lowest BCUT2D eigenvalue weighted by Gasteiger charge is -2.43. The lowest BCUT2D eigenvalue weighted by molar-refractivity contribution is -0.138. The van der Waals surface area contributed by atoms with Gasteiger partial charge in [0.1, 0.15) is 0 Å². The van der Waals surface area contributed by atoms with E-state index in [1.54, 1.807) is 29.6 Å². The summed E-state index contributed by atoms with van der Waals surface area (Å²) in [5.41, 5.74) is 0.191. The van der Waals surface area contributed by atoms with Crippen LogP contribution in [0.3, 0.4) is 0 Å². The van der Waals surface area contributed by atoms with Gasteiger partial charge in [0, 0.05) is 24.8 Å². The van der Waals surface area contributed by atoms with Gasteiger partial charge in [-0.1, -0.05) is 18.2 Å². The smallest absolute Gasteiger partial charge is 0.317 e. The zero-order valence-electron chi connectivity index (χ0n) is 16.4. The van der Waals surface area contributed by atoms with Crippen molar-refractivity contribution in [3.05, 3.63) is 47.2 Å². The lowest BCUT2D eigenvalue weighted by Crippen LogP contribution is -2.54. The summed E-state index contributed by atoms with van der Waals surface area (Å²) in [4.78, 5) is 16.7. The molecule has 1 N–H and O–H groups in total. The summed E-state index contributed by atoms with van der Waals surface area (Å²) in [6.45, 7) is 3.70. The number of hydrogen-bond acceptors (Lipinski definition) is 3. The predicted molar refractivity (Wildman–Crippen MR) is 102 cm³/mol. The molecule has 1 fully saturated rings. The molecule has 1 aromatic heterocycles. The Balaban J connectivity index is 1.76. The van der Waals surface area contributed by atoms with Crippen molar-refractivity contribution in [1.82, 2.24) is 20.0 Å². The quantitative estimate of drug-likeness (QED) is 0.844. The Hall–Kier alpha value is -2.55. The third-order valence-corrected chi connectivity index (χ3v) is 5.76. The molecule has 2 aliphatic heterocycles. The molecule has 9 heteroatoms. The Labute approximate surface area is 167 Å². The number of carbonyl (C=O) groups excluding carboxylic acids is 1. The van der Waals surface area contributed by atoms with Gasteiger partial charge in [0.15, 0.2) is 5.82 Å². The number of halogens is 3. The van der Waals surface area contributed by atoms with Crippen LogP contribution in [0.2, 0.25) is 0 Å². The molecule has 1 unspecified atom stereocenters. The number of anilines is 1. The summed E-state index contributed by atoms with van der Waals surface area (Å²) in [6, 6.07) is 4.40. The Bertz CT molecular complexity index is 904. The average Bonchev–Trinajstić information content (AvgIpc) is 3.07. The molecule has 1 aromatic carbocycles. The topological polar surface area (TPSA) is 53.4 Å². The molecule has 0 radical (unpaired) electrons. The van der Waals surface area contributed by atoms with Crippen molar-refractivity contribution in [2.45, 2.75) is 44.6 Å². The number of fused-ring (bicyclic) bond motifs is 1. The van der Waals surface area contributed by atoms with Gasteiger partial charge < -0.3 is 10.2 Å². The van der Waals surface area contributed by atoms with Gasteiger partial charge in [-0.25, -0.2) is 4.79 Å². The van der Waals surface area contributed by atoms with E-state index < -0.39 is 17.8 Å². The standard InChI is InChI=1S/C20H24F3N5O/c1-13(16-5-3-4-6-17(16)20(21,22)23)28-18-14(11-26(2)25-18)12-27(19(28)29)15-7-9-24-10-8-15/h3-6,11,13,15,24H,7-10,12H2,1-2H3. The van der Waals surface area contributed by atoms with Crippen LogP contribution in [0.25, 0.3) is 0 Å². The molecule has 3 heterocycles. The SMILES string of the molecule is CC(c1ccccc1C(F)(F)F)N1C(=O)N(C2CCNCC2)Cc2cn(C)nc21. The highest BCUT2D eigenvalue weighted by Gasteiger charge is 2.42. The van der Waals surface area contributed by atoms with Crippen LogP contribution in [0.4, 0.5) is 23.8 Å². The Morgan fingerprint density at radius 2 is 1.90 bits per heavy atom. The molecule has 6 nitrogen and oxygen atoms in total. The fourth-order valence-electron chi connectivity index (χ4n) is 4.33. The molecule has 1 saturated heterocycles. The zero-order valence-corrected chi connectivity index (χ0v) is 16.4. The molecule has 2 aromatic rings. The third-order valence-electron chi connectivity index (χ3n) is 5.76. The van der Waals surface area contributed by atoms with E-state index in [1.807, 2.05) is 6.20 Å². The Kier molecular flexibility index (Phi) is 5.02. The third kappa shape index (κ3) is 3.59. The van der Waals surface area contributed by atoms with Crippen LogP contribution in [-0.2, 0) is 19.8 Å². The Morgan fingerprint density at radius 1 is 1.21 bits per heavy atom. The van der Waals surface area contributed by atoms with Crippen LogP contribution < -0.4 is 10.2 Å². The first-order valence-corrected chi connectivity index (χ1v) is 9.76. The second kappa shape index (κ2) is 7.37. The molecule has 0 bridgehead atoms. The Morgan fingerprint density at radius 3 is 2.59 bits per heavy atom. The fourth-order valence-corrected chi connectivity index (χ4v) is 4.33. The van der Waals surface area contributed by atoms with E-state index in [9.17, 15) is 18.0 Å². The van der Waals surface area contributed by atoms with Gasteiger partial charge in [0.2, 0.25) is 0 Å². The van der Waals surface area contributed by atoms with Gasteiger partial charge in [-0.2, -0.15) is 18.3 Å². The molecular formula is C20H24F3N5O. The van der Waals surface area contributed by atoms with Gasteiger partial charge in [-0.05, 0) is 44.5 Å². The maximum Gasteiger partial charge on any atom is 0.416 e. The van der Waals surface area contributed by atoms with Crippen LogP contribution in [-0.4, -0.2) is 39.8 Å². The van der Waals surface area contributed by atoms with Crippen LogP contribution in [0.1, 0.15) is 42.5 Å². The lowest BCUT2D eigenvalue weighted by atomic mass is 9.98. The van der Waals surface area contributed by atoms with Crippen LogP contribution in [0, 0.1) is 0 Å². The van der Waals surface area contributed by atoms with Gasteiger partial charge in [-0.3, -0.25) is 9.58 Å². The van der Waals surface area contributed by atoms with Crippen molar-refractivity contribution in [3.63, 3.8) is 0 Å². The normalized spacial score (nSPS) is 19.4. The minimum atomic E-state index is -4.49. The number of aromatic nitrogens is 2. The maximum atomic E-state index is 13.6. The number of amides is 2. The molecule has 156 valence electrons. The second-order valence-corrected chi connectivity index (χ2v) is 7.67. The number of carbonyl (C=O) groups is 1. The summed E-state index contributed by atoms with van der Waals surface area (Å²) in [5, 5.41) is 7.69. The van der Waals surface area contributed by atoms with Crippen molar-refractivity contribution >= 4 is 11.8 Å². The molecule has 0 aliphatic carbocycles. The van der Waals surface area contributed by atoms with E-state index in [4.69, 9.17) is 0 Å². The molecule has 0 spiro atoms. The molecule has 2 amide bonds. The highest BCUT2D eigenvalue weighted by Crippen LogP contribution is 2.40. The van der Waals surface area contributed by atoms with E-state index in [-0.39, 0.29) is 17.6 Å². The number of rotatable bonds is 3. The first-order chi connectivity index (χ1) is 13.8. The molecule has 29 heavy (non-hydrogen) atoms. The largest absolute Gasteiger partial charge is 0.416 e. The highest BCUT2D eigenvalue weighted by atomic mass is 19.4. The monoisotopic (exact) mass is 407 g/mol. The van der Waals surface area contributed by atoms with E-state index >= 15 is 0 Å². The summed E-state index contributed by atoms with van der Waals surface area (Å²) in [6.07, 6.45) is -1.01. The van der Waals surface area contributed by atoms with Crippen molar-refractivity contribution in [2.24, 2.45) is 7.05 Å². The molecule has 1 atom stereocenters. The summed E-state index contributed by atoms with van der Waals surface area (Å²) in [7, 11) is 1.75. The molecule has 2 aliphatic rings. The average molecular weight is 407 g/mol. The maximum absolute atomic E-state index is 13.6. The predicted octanol–water partition coefficient (Wildman–Crippen LogP) is 3.69. The van der Waals surface area contributed by atoms with Crippen LogP contribution in [0.15, 0.2) is 30.5 Å². The van der Waals surface area contributed by atoms with Gasteiger partial charge in [0.05, 0.1) is 18.2 Å². The summed E-state index contributed by atoms with van der Waals surface area (Å²) in [5.74, 6) is 0.437. The van der Waals surface area contributed by atoms with Crippen LogP contribution in [0.5, 0.6) is 0 Å². The van der Waals surface area contributed by atoms with Crippen molar-refractivity contribution < 1.29 is 18.0 Å². The highest BCUT2D eigenvalue weighted by molar-refractivity contribution is 5.94. The van der Waals surface area contributed by atoms with E-state index in [1.165, 1.54) is 17.0 Å². The molecule has 0 saturated carbocycles. The van der Waals surface area contributed by atoms with E-state index in [2.05, 4.69) is 10.4 Å². The number of piperidine rings is 1. The second-order valence-electron chi connectivity index (χ2n) is 7.67. The number of hydrogen-bond donors (Lipinski definition) is 1. The zero-order chi connectivity index (χ0) is 20.8. The number of nitrogens with zero attached hydrogens (tertiary/aromatic N) is 4. The first kappa shape index (κ1) is 19.8. The number of urea groups is 1. The summed E-state index contributed by atoms with van der Waals surface area (Å²) < 4.78 is 42.4. The fraction of sp³-hybridized carbons (Fsp3) is 0.500. The van der Waals surface area contributed by atoms with Gasteiger partial charge in [0.25, 0.3) is 0 Å². The number of alkyl halides is 3. The van der Waals surface area contributed by atoms with E-state index in [0.717, 1.165) is 37.6 Å². The van der Waals surface area contributed by atoms with Crippen molar-refractivity contribution in [3.8, 4) is 0 Å². The van der Waals surface area contributed by atoms with Gasteiger partial charge in [-0.15, -0.1) is 0 Å². The van der Waals surface area contributed by atoms with Gasteiger partial charge >= 0.3 is 12.2 Å². The number of aryl methyl sites for hydroxylation is 1. The molecular weight excluding hydrogens is 383 g/mol. The minimum absolute atomic E-state index is 0.0599. The minimum Gasteiger partial charge on any atom is -0.317 e. The number of benzene rings is 1. The van der Waals surface area contributed by atoms with E-state index in [0.29, 0.717) is 12.4 Å². The van der Waals surface area contributed by atoms with Crippen molar-refractivity contribution in [1.29, 1.82) is 0 Å². The molecule has 4 rings (SSSR count). The summed E-state index contributed by atoms with van der Waals surface area (Å²) >= 11 is 0.